The van der Waals surface area contributed by atoms with E-state index in [9.17, 15) is 4.79 Å². The van der Waals surface area contributed by atoms with Crippen molar-refractivity contribution >= 4 is 18.4 Å². The lowest BCUT2D eigenvalue weighted by molar-refractivity contribution is 0.0696. The molecule has 1 aromatic heterocycles. The first kappa shape index (κ1) is 11.9. The molecule has 0 aliphatic carbocycles. The SMILES string of the molecule is Cc1cc(C(=O)O)cc(CO)n1.Cl. The highest BCUT2D eigenvalue weighted by Crippen LogP contribution is 2.05. The molecule has 2 N–H and O–H groups in total. The number of halogens is 1. The lowest BCUT2D eigenvalue weighted by Gasteiger charge is -2.00. The monoisotopic (exact) mass is 203 g/mol. The zero-order chi connectivity index (χ0) is 9.14. The summed E-state index contributed by atoms with van der Waals surface area (Å²) in [4.78, 5) is 14.4. The first-order valence-corrected chi connectivity index (χ1v) is 3.45. The first-order chi connectivity index (χ1) is 5.63. The number of nitrogens with zero attached hydrogens (tertiary/aromatic N) is 1. The molecular formula is C8H10ClNO3. The normalized spacial score (nSPS) is 9.08. The Morgan fingerprint density at radius 3 is 2.62 bits per heavy atom. The third-order valence-electron chi connectivity index (χ3n) is 1.42. The molecule has 0 unspecified atom stereocenters. The van der Waals surface area contributed by atoms with Gasteiger partial charge in [0, 0.05) is 5.69 Å². The van der Waals surface area contributed by atoms with Crippen LogP contribution in [-0.4, -0.2) is 21.2 Å². The van der Waals surface area contributed by atoms with E-state index >= 15 is 0 Å². The minimum absolute atomic E-state index is 0. The molecule has 0 atom stereocenters. The number of rotatable bonds is 2. The van der Waals surface area contributed by atoms with Gasteiger partial charge >= 0.3 is 5.97 Å². The van der Waals surface area contributed by atoms with Crippen LogP contribution in [0.1, 0.15) is 21.7 Å². The van der Waals surface area contributed by atoms with Gasteiger partial charge < -0.3 is 10.2 Å². The average molecular weight is 204 g/mol. The molecule has 0 amide bonds. The summed E-state index contributed by atoms with van der Waals surface area (Å²) < 4.78 is 0. The van der Waals surface area contributed by atoms with Crippen molar-refractivity contribution in [2.45, 2.75) is 13.5 Å². The Morgan fingerprint density at radius 2 is 2.15 bits per heavy atom. The lowest BCUT2D eigenvalue weighted by Crippen LogP contribution is -2.01. The maximum atomic E-state index is 10.5. The van der Waals surface area contributed by atoms with E-state index in [1.807, 2.05) is 0 Å². The fraction of sp³-hybridized carbons (Fsp3) is 0.250. The van der Waals surface area contributed by atoms with Crippen molar-refractivity contribution in [1.29, 1.82) is 0 Å². The molecule has 4 nitrogen and oxygen atoms in total. The van der Waals surface area contributed by atoms with E-state index in [0.717, 1.165) is 0 Å². The van der Waals surface area contributed by atoms with E-state index in [1.165, 1.54) is 12.1 Å². The molecule has 1 heterocycles. The molecule has 72 valence electrons. The third kappa shape index (κ3) is 3.01. The smallest absolute Gasteiger partial charge is 0.335 e. The van der Waals surface area contributed by atoms with E-state index in [2.05, 4.69) is 4.98 Å². The first-order valence-electron chi connectivity index (χ1n) is 3.45. The Hall–Kier alpha value is -1.13. The van der Waals surface area contributed by atoms with Gasteiger partial charge in [0.1, 0.15) is 0 Å². The van der Waals surface area contributed by atoms with Crippen molar-refractivity contribution in [2.75, 3.05) is 0 Å². The number of carbonyl (C=O) groups is 1. The summed E-state index contributed by atoms with van der Waals surface area (Å²) in [7, 11) is 0. The predicted octanol–water partition coefficient (Wildman–Crippen LogP) is 1.00. The van der Waals surface area contributed by atoms with Gasteiger partial charge in [0.15, 0.2) is 0 Å². The number of carboxylic acids is 1. The van der Waals surface area contributed by atoms with Gasteiger partial charge in [0.25, 0.3) is 0 Å². The highest BCUT2D eigenvalue weighted by molar-refractivity contribution is 5.87. The number of aromatic nitrogens is 1. The fourth-order valence-corrected chi connectivity index (χ4v) is 0.942. The van der Waals surface area contributed by atoms with Gasteiger partial charge in [0.05, 0.1) is 17.9 Å². The molecule has 0 fully saturated rings. The molecule has 0 aliphatic heterocycles. The molecule has 0 radical (unpaired) electrons. The number of pyridine rings is 1. The minimum Gasteiger partial charge on any atom is -0.478 e. The largest absolute Gasteiger partial charge is 0.478 e. The van der Waals surface area contributed by atoms with E-state index < -0.39 is 5.97 Å². The van der Waals surface area contributed by atoms with Crippen LogP contribution < -0.4 is 0 Å². The molecule has 0 saturated heterocycles. The standard InChI is InChI=1S/C8H9NO3.ClH/c1-5-2-6(8(11)12)3-7(4-10)9-5;/h2-3,10H,4H2,1H3,(H,11,12);1H. The van der Waals surface area contributed by atoms with Gasteiger partial charge in [-0.3, -0.25) is 4.98 Å². The maximum absolute atomic E-state index is 10.5. The Kier molecular flexibility index (Phi) is 4.37. The van der Waals surface area contributed by atoms with Crippen LogP contribution in [0.4, 0.5) is 0 Å². The lowest BCUT2D eigenvalue weighted by atomic mass is 10.2. The number of aryl methyl sites for hydroxylation is 1. The highest BCUT2D eigenvalue weighted by Gasteiger charge is 2.05. The highest BCUT2D eigenvalue weighted by atomic mass is 35.5. The van der Waals surface area contributed by atoms with Crippen LogP contribution in [0.15, 0.2) is 12.1 Å². The maximum Gasteiger partial charge on any atom is 0.335 e. The van der Waals surface area contributed by atoms with Crippen LogP contribution in [0.3, 0.4) is 0 Å². The molecule has 0 bridgehead atoms. The Labute approximate surface area is 81.6 Å². The summed E-state index contributed by atoms with van der Waals surface area (Å²) in [6.07, 6.45) is 0. The van der Waals surface area contributed by atoms with Crippen LogP contribution in [-0.2, 0) is 6.61 Å². The Bertz CT molecular complexity index is 314. The average Bonchev–Trinajstić information content (AvgIpc) is 2.03. The van der Waals surface area contributed by atoms with E-state index in [-0.39, 0.29) is 24.6 Å². The molecule has 0 saturated carbocycles. The van der Waals surface area contributed by atoms with Gasteiger partial charge in [0.2, 0.25) is 0 Å². The van der Waals surface area contributed by atoms with E-state index in [1.54, 1.807) is 6.92 Å². The van der Waals surface area contributed by atoms with Crippen LogP contribution in [0, 0.1) is 6.92 Å². The summed E-state index contributed by atoms with van der Waals surface area (Å²) in [5, 5.41) is 17.3. The second-order valence-electron chi connectivity index (χ2n) is 2.45. The minimum atomic E-state index is -1.00. The van der Waals surface area contributed by atoms with Crippen molar-refractivity contribution in [2.24, 2.45) is 0 Å². The van der Waals surface area contributed by atoms with Crippen molar-refractivity contribution < 1.29 is 15.0 Å². The van der Waals surface area contributed by atoms with Crippen molar-refractivity contribution in [3.63, 3.8) is 0 Å². The van der Waals surface area contributed by atoms with Crippen LogP contribution in [0.2, 0.25) is 0 Å². The number of hydrogen-bond acceptors (Lipinski definition) is 3. The second-order valence-corrected chi connectivity index (χ2v) is 2.45. The van der Waals surface area contributed by atoms with Crippen LogP contribution in [0.25, 0.3) is 0 Å². The van der Waals surface area contributed by atoms with E-state index in [4.69, 9.17) is 10.2 Å². The second kappa shape index (κ2) is 4.79. The summed E-state index contributed by atoms with van der Waals surface area (Å²) in [6, 6.07) is 2.82. The topological polar surface area (TPSA) is 70.4 Å². The molecule has 5 heteroatoms. The van der Waals surface area contributed by atoms with Gasteiger partial charge in [-0.05, 0) is 19.1 Å². The Morgan fingerprint density at radius 1 is 1.54 bits per heavy atom. The van der Waals surface area contributed by atoms with Crippen molar-refractivity contribution in [1.82, 2.24) is 4.98 Å². The predicted molar refractivity (Wildman–Crippen MR) is 49.1 cm³/mol. The number of carboxylic acid groups (broad SMARTS) is 1. The van der Waals surface area contributed by atoms with Crippen LogP contribution >= 0.6 is 12.4 Å². The van der Waals surface area contributed by atoms with Crippen molar-refractivity contribution in [3.05, 3.63) is 29.1 Å². The van der Waals surface area contributed by atoms with Gasteiger partial charge in [-0.15, -0.1) is 12.4 Å². The molecule has 0 aliphatic rings. The number of aromatic carboxylic acids is 1. The summed E-state index contributed by atoms with van der Waals surface area (Å²) in [5.41, 5.74) is 1.14. The zero-order valence-electron chi connectivity index (χ0n) is 7.02. The van der Waals surface area contributed by atoms with Gasteiger partial charge in [-0.1, -0.05) is 0 Å². The summed E-state index contributed by atoms with van der Waals surface area (Å²) >= 11 is 0. The van der Waals surface area contributed by atoms with Crippen molar-refractivity contribution in [3.8, 4) is 0 Å². The molecule has 0 aromatic carbocycles. The number of aliphatic hydroxyl groups excluding tert-OH is 1. The molecule has 13 heavy (non-hydrogen) atoms. The summed E-state index contributed by atoms with van der Waals surface area (Å²) in [6.45, 7) is 1.45. The third-order valence-corrected chi connectivity index (χ3v) is 1.42. The fourth-order valence-electron chi connectivity index (χ4n) is 0.942. The zero-order valence-corrected chi connectivity index (χ0v) is 7.84. The van der Waals surface area contributed by atoms with E-state index in [0.29, 0.717) is 11.4 Å². The van der Waals surface area contributed by atoms with Crippen LogP contribution in [0.5, 0.6) is 0 Å². The molecule has 0 spiro atoms. The van der Waals surface area contributed by atoms with Gasteiger partial charge in [-0.2, -0.15) is 0 Å². The summed E-state index contributed by atoms with van der Waals surface area (Å²) in [5.74, 6) is -1.00. The number of hydrogen-bond donors (Lipinski definition) is 2. The molecular weight excluding hydrogens is 194 g/mol. The van der Waals surface area contributed by atoms with Gasteiger partial charge in [-0.25, -0.2) is 4.79 Å². The Balaban J connectivity index is 0.00000144. The quantitative estimate of drug-likeness (QED) is 0.753. The molecule has 1 aromatic rings. The number of aliphatic hydroxyl groups is 1. The molecule has 1 rings (SSSR count).